The highest BCUT2D eigenvalue weighted by atomic mass is 19.4. The van der Waals surface area contributed by atoms with Crippen molar-refractivity contribution in [2.24, 2.45) is 0 Å². The summed E-state index contributed by atoms with van der Waals surface area (Å²) in [6.07, 6.45) is -4.43. The van der Waals surface area contributed by atoms with Gasteiger partial charge in [0.15, 0.2) is 0 Å². The van der Waals surface area contributed by atoms with E-state index in [9.17, 15) is 18.0 Å². The van der Waals surface area contributed by atoms with Crippen LogP contribution >= 0.6 is 0 Å². The molecule has 0 spiro atoms. The second-order valence-electron chi connectivity index (χ2n) is 3.04. The number of halogens is 3. The van der Waals surface area contributed by atoms with Gasteiger partial charge >= 0.3 is 12.1 Å². The Morgan fingerprint density at radius 3 is 2.56 bits per heavy atom. The fraction of sp³-hybridized carbons (Fsp3) is 0.222. The number of nitrogens with one attached hydrogen (secondary N) is 1. The van der Waals surface area contributed by atoms with E-state index in [1.54, 1.807) is 0 Å². The van der Waals surface area contributed by atoms with E-state index in [2.05, 4.69) is 0 Å². The lowest BCUT2D eigenvalue weighted by atomic mass is 10.1. The molecule has 0 atom stereocenters. The van der Waals surface area contributed by atoms with Gasteiger partial charge < -0.3 is 16.2 Å². The third kappa shape index (κ3) is 3.04. The fourth-order valence-corrected chi connectivity index (χ4v) is 1.13. The van der Waals surface area contributed by atoms with Crippen molar-refractivity contribution in [1.82, 2.24) is 0 Å². The number of carbonyl (C=O) groups is 1. The topological polar surface area (TPSA) is 75.4 Å². The Morgan fingerprint density at radius 1 is 1.44 bits per heavy atom. The van der Waals surface area contributed by atoms with E-state index in [0.29, 0.717) is 0 Å². The number of alkyl halides is 3. The van der Waals surface area contributed by atoms with Crippen molar-refractivity contribution in [3.63, 3.8) is 0 Å². The monoisotopic (exact) mass is 234 g/mol. The summed E-state index contributed by atoms with van der Waals surface area (Å²) in [6.45, 7) is -1.33. The summed E-state index contributed by atoms with van der Waals surface area (Å²) in [7, 11) is 0. The average Bonchev–Trinajstić information content (AvgIpc) is 2.13. The highest BCUT2D eigenvalue weighted by Crippen LogP contribution is 2.25. The fourth-order valence-electron chi connectivity index (χ4n) is 1.13. The Kier molecular flexibility index (Phi) is 3.26. The quantitative estimate of drug-likeness (QED) is 0.698. The van der Waals surface area contributed by atoms with Crippen LogP contribution in [0.15, 0.2) is 18.2 Å². The van der Waals surface area contributed by atoms with Crippen LogP contribution in [0.5, 0.6) is 0 Å². The first kappa shape index (κ1) is 12.2. The maximum absolute atomic E-state index is 12.0. The first-order valence-electron chi connectivity index (χ1n) is 4.23. The van der Waals surface area contributed by atoms with Crippen molar-refractivity contribution in [3.8, 4) is 0 Å². The second-order valence-corrected chi connectivity index (χ2v) is 3.04. The Bertz CT molecular complexity index is 404. The maximum Gasteiger partial charge on any atom is 0.405 e. The summed E-state index contributed by atoms with van der Waals surface area (Å²) in [5.41, 5.74) is 4.85. The van der Waals surface area contributed by atoms with E-state index in [-0.39, 0.29) is 16.9 Å². The van der Waals surface area contributed by atoms with E-state index < -0.39 is 18.7 Å². The number of rotatable bonds is 3. The third-order valence-electron chi connectivity index (χ3n) is 1.79. The number of anilines is 2. The molecule has 4 nitrogen and oxygen atoms in total. The molecule has 0 aromatic heterocycles. The molecule has 0 saturated heterocycles. The molecule has 0 heterocycles. The highest BCUT2D eigenvalue weighted by Gasteiger charge is 2.27. The third-order valence-corrected chi connectivity index (χ3v) is 1.79. The molecule has 0 amide bonds. The van der Waals surface area contributed by atoms with Crippen molar-refractivity contribution >= 4 is 17.3 Å². The summed E-state index contributed by atoms with van der Waals surface area (Å²) in [6, 6.07) is 3.86. The smallest absolute Gasteiger partial charge is 0.405 e. The summed E-state index contributed by atoms with van der Waals surface area (Å²) < 4.78 is 35.9. The van der Waals surface area contributed by atoms with Gasteiger partial charge in [0.1, 0.15) is 6.54 Å². The molecule has 0 aliphatic carbocycles. The molecule has 1 rings (SSSR count). The molecule has 0 aliphatic heterocycles. The first-order valence-corrected chi connectivity index (χ1v) is 4.23. The number of hydrogen-bond acceptors (Lipinski definition) is 3. The molecule has 4 N–H and O–H groups in total. The predicted molar refractivity (Wildman–Crippen MR) is 52.4 cm³/mol. The van der Waals surface area contributed by atoms with E-state index in [0.717, 1.165) is 0 Å². The highest BCUT2D eigenvalue weighted by molar-refractivity contribution is 5.97. The average molecular weight is 234 g/mol. The number of nitrogens with two attached hydrogens (primary N) is 1. The molecule has 1 aromatic rings. The van der Waals surface area contributed by atoms with Gasteiger partial charge in [-0.3, -0.25) is 0 Å². The van der Waals surface area contributed by atoms with Crippen molar-refractivity contribution in [2.45, 2.75) is 6.18 Å². The number of hydrogen-bond donors (Lipinski definition) is 3. The Balaban J connectivity index is 2.98. The van der Waals surface area contributed by atoms with Gasteiger partial charge in [0.05, 0.1) is 16.9 Å². The Morgan fingerprint density at radius 2 is 2.06 bits per heavy atom. The predicted octanol–water partition coefficient (Wildman–Crippen LogP) is 1.94. The lowest BCUT2D eigenvalue weighted by Crippen LogP contribution is -2.23. The van der Waals surface area contributed by atoms with Crippen LogP contribution in [0.4, 0.5) is 24.5 Å². The first-order chi connectivity index (χ1) is 7.31. The summed E-state index contributed by atoms with van der Waals surface area (Å²) in [5.74, 6) is -1.34. The molecule has 1 aromatic carbocycles. The van der Waals surface area contributed by atoms with E-state index in [1.807, 2.05) is 5.32 Å². The van der Waals surface area contributed by atoms with Crippen LogP contribution in [0.1, 0.15) is 10.4 Å². The van der Waals surface area contributed by atoms with Crippen LogP contribution in [0.2, 0.25) is 0 Å². The standard InChI is InChI=1S/C9H9F3N2O2/c10-9(11,12)4-14-7-5(8(15)16)2-1-3-6(7)13/h1-3,14H,4,13H2,(H,15,16). The van der Waals surface area contributed by atoms with Crippen LogP contribution in [0.25, 0.3) is 0 Å². The van der Waals surface area contributed by atoms with E-state index in [1.165, 1.54) is 18.2 Å². The van der Waals surface area contributed by atoms with Gasteiger partial charge in [0, 0.05) is 0 Å². The van der Waals surface area contributed by atoms with Crippen LogP contribution in [0.3, 0.4) is 0 Å². The van der Waals surface area contributed by atoms with Gasteiger partial charge in [-0.25, -0.2) is 4.79 Å². The van der Waals surface area contributed by atoms with E-state index in [4.69, 9.17) is 10.8 Å². The SMILES string of the molecule is Nc1cccc(C(=O)O)c1NCC(F)(F)F. The number of carboxylic acids is 1. The molecule has 0 saturated carbocycles. The number of benzene rings is 1. The maximum atomic E-state index is 12.0. The normalized spacial score (nSPS) is 11.2. The zero-order chi connectivity index (χ0) is 12.3. The Hall–Kier alpha value is -1.92. The van der Waals surface area contributed by atoms with Crippen LogP contribution < -0.4 is 11.1 Å². The molecule has 0 aliphatic rings. The van der Waals surface area contributed by atoms with Gasteiger partial charge in [-0.2, -0.15) is 13.2 Å². The van der Waals surface area contributed by atoms with Crippen LogP contribution in [-0.4, -0.2) is 23.8 Å². The van der Waals surface area contributed by atoms with E-state index >= 15 is 0 Å². The van der Waals surface area contributed by atoms with Gasteiger partial charge in [0.2, 0.25) is 0 Å². The number of carboxylic acid groups (broad SMARTS) is 1. The molecule has 0 fully saturated rings. The van der Waals surface area contributed by atoms with Crippen molar-refractivity contribution < 1.29 is 23.1 Å². The van der Waals surface area contributed by atoms with Crippen LogP contribution in [0, 0.1) is 0 Å². The molecule has 88 valence electrons. The lowest BCUT2D eigenvalue weighted by Gasteiger charge is -2.13. The Labute approximate surface area is 88.9 Å². The molecular formula is C9H9F3N2O2. The zero-order valence-corrected chi connectivity index (χ0v) is 8.01. The second kappa shape index (κ2) is 4.30. The summed E-state index contributed by atoms with van der Waals surface area (Å²) >= 11 is 0. The number of para-hydroxylation sites is 1. The largest absolute Gasteiger partial charge is 0.478 e. The number of aromatic carboxylic acids is 1. The molecule has 0 radical (unpaired) electrons. The molecule has 16 heavy (non-hydrogen) atoms. The van der Waals surface area contributed by atoms with Gasteiger partial charge in [-0.05, 0) is 12.1 Å². The number of nitrogen functional groups attached to an aromatic ring is 1. The summed E-state index contributed by atoms with van der Waals surface area (Å²) in [5, 5.41) is 10.7. The molecule has 0 bridgehead atoms. The van der Waals surface area contributed by atoms with Gasteiger partial charge in [-0.15, -0.1) is 0 Å². The minimum absolute atomic E-state index is 0.0378. The van der Waals surface area contributed by atoms with Gasteiger partial charge in [0.25, 0.3) is 0 Å². The molecular weight excluding hydrogens is 225 g/mol. The lowest BCUT2D eigenvalue weighted by molar-refractivity contribution is -0.115. The van der Waals surface area contributed by atoms with Crippen molar-refractivity contribution in [1.29, 1.82) is 0 Å². The van der Waals surface area contributed by atoms with Crippen molar-refractivity contribution in [3.05, 3.63) is 23.8 Å². The van der Waals surface area contributed by atoms with Gasteiger partial charge in [-0.1, -0.05) is 6.07 Å². The van der Waals surface area contributed by atoms with Crippen molar-refractivity contribution in [2.75, 3.05) is 17.6 Å². The minimum atomic E-state index is -4.43. The summed E-state index contributed by atoms with van der Waals surface area (Å²) in [4.78, 5) is 10.7. The zero-order valence-electron chi connectivity index (χ0n) is 8.01. The molecule has 0 unspecified atom stereocenters. The molecule has 7 heteroatoms. The van der Waals surface area contributed by atoms with Crippen LogP contribution in [-0.2, 0) is 0 Å². The minimum Gasteiger partial charge on any atom is -0.478 e.